The number of aromatic nitrogens is 3. The van der Waals surface area contributed by atoms with Crippen LogP contribution >= 0.6 is 0 Å². The molecule has 4 rings (SSSR count). The van der Waals surface area contributed by atoms with Crippen molar-refractivity contribution in [3.05, 3.63) is 66.2 Å². The van der Waals surface area contributed by atoms with E-state index in [2.05, 4.69) is 10.2 Å². The summed E-state index contributed by atoms with van der Waals surface area (Å²) in [7, 11) is 3.05. The molecule has 0 spiro atoms. The Morgan fingerprint density at radius 2 is 1.29 bits per heavy atom. The molecule has 0 N–H and O–H groups in total. The number of benzene rings is 2. The van der Waals surface area contributed by atoms with Gasteiger partial charge in [-0.2, -0.15) is 0 Å². The van der Waals surface area contributed by atoms with E-state index in [4.69, 9.17) is 9.47 Å². The standard InChI is InChI=1S/C22H23N5O4/c1-30-18-4-3-5-19(31-2)20(18)22(29)26-12-10-25(11-13-26)21(28)16-6-8-17(9-7-16)27-14-23-24-15-27/h3-9,14-15H,10-13H2,1-2H3. The summed E-state index contributed by atoms with van der Waals surface area (Å²) in [4.78, 5) is 29.5. The van der Waals surface area contributed by atoms with Crippen LogP contribution in [-0.2, 0) is 0 Å². The quantitative estimate of drug-likeness (QED) is 0.625. The van der Waals surface area contributed by atoms with Gasteiger partial charge in [0.2, 0.25) is 0 Å². The van der Waals surface area contributed by atoms with E-state index in [-0.39, 0.29) is 11.8 Å². The number of rotatable bonds is 5. The van der Waals surface area contributed by atoms with Crippen molar-refractivity contribution in [2.75, 3.05) is 40.4 Å². The molecule has 2 heterocycles. The second-order valence-electron chi connectivity index (χ2n) is 7.04. The van der Waals surface area contributed by atoms with Crippen molar-refractivity contribution < 1.29 is 19.1 Å². The number of carbonyl (C=O) groups excluding carboxylic acids is 2. The molecule has 2 amide bonds. The lowest BCUT2D eigenvalue weighted by Crippen LogP contribution is -2.50. The molecule has 31 heavy (non-hydrogen) atoms. The first kappa shape index (κ1) is 20.4. The van der Waals surface area contributed by atoms with Gasteiger partial charge in [0.1, 0.15) is 29.7 Å². The molecule has 1 fully saturated rings. The molecule has 0 atom stereocenters. The SMILES string of the molecule is COc1cccc(OC)c1C(=O)N1CCN(C(=O)c2ccc(-n3cnnc3)cc2)CC1. The molecule has 1 aromatic heterocycles. The van der Waals surface area contributed by atoms with Gasteiger partial charge in [-0.05, 0) is 36.4 Å². The molecule has 9 heteroatoms. The maximum Gasteiger partial charge on any atom is 0.261 e. The van der Waals surface area contributed by atoms with Gasteiger partial charge >= 0.3 is 0 Å². The summed E-state index contributed by atoms with van der Waals surface area (Å²) in [5, 5.41) is 7.57. The average molecular weight is 421 g/mol. The Hall–Kier alpha value is -3.88. The van der Waals surface area contributed by atoms with Crippen LogP contribution in [-0.4, -0.2) is 76.8 Å². The smallest absolute Gasteiger partial charge is 0.261 e. The molecule has 0 aliphatic carbocycles. The van der Waals surface area contributed by atoms with Gasteiger partial charge in [0.25, 0.3) is 11.8 Å². The summed E-state index contributed by atoms with van der Waals surface area (Å²) in [6.45, 7) is 1.78. The number of nitrogens with zero attached hydrogens (tertiary/aromatic N) is 5. The van der Waals surface area contributed by atoms with Crippen LogP contribution in [0.3, 0.4) is 0 Å². The molecule has 1 aliphatic rings. The number of ether oxygens (including phenoxy) is 2. The highest BCUT2D eigenvalue weighted by molar-refractivity contribution is 6.00. The van der Waals surface area contributed by atoms with Crippen molar-refractivity contribution in [2.24, 2.45) is 0 Å². The van der Waals surface area contributed by atoms with E-state index >= 15 is 0 Å². The van der Waals surface area contributed by atoms with Crippen LogP contribution < -0.4 is 9.47 Å². The van der Waals surface area contributed by atoms with Crippen molar-refractivity contribution in [1.29, 1.82) is 0 Å². The predicted octanol–water partition coefficient (Wildman–Crippen LogP) is 1.88. The largest absolute Gasteiger partial charge is 0.496 e. The normalized spacial score (nSPS) is 13.7. The summed E-state index contributed by atoms with van der Waals surface area (Å²) in [6.07, 6.45) is 3.20. The molecular formula is C22H23N5O4. The van der Waals surface area contributed by atoms with Crippen molar-refractivity contribution in [3.8, 4) is 17.2 Å². The number of hydrogen-bond donors (Lipinski definition) is 0. The fraction of sp³-hybridized carbons (Fsp3) is 0.273. The zero-order valence-electron chi connectivity index (χ0n) is 17.4. The second kappa shape index (κ2) is 8.86. The Labute approximate surface area is 179 Å². The van der Waals surface area contributed by atoms with Gasteiger partial charge < -0.3 is 19.3 Å². The van der Waals surface area contributed by atoms with Crippen LogP contribution in [0.15, 0.2) is 55.1 Å². The van der Waals surface area contributed by atoms with Crippen molar-refractivity contribution in [2.45, 2.75) is 0 Å². The molecular weight excluding hydrogens is 398 g/mol. The lowest BCUT2D eigenvalue weighted by molar-refractivity contribution is 0.0531. The third kappa shape index (κ3) is 4.07. The van der Waals surface area contributed by atoms with Crippen LogP contribution in [0, 0.1) is 0 Å². The number of amides is 2. The number of carbonyl (C=O) groups is 2. The minimum absolute atomic E-state index is 0.0581. The molecule has 1 saturated heterocycles. The molecule has 1 aliphatic heterocycles. The Bertz CT molecular complexity index is 1040. The minimum atomic E-state index is -0.167. The van der Waals surface area contributed by atoms with E-state index in [0.717, 1.165) is 5.69 Å². The zero-order valence-corrected chi connectivity index (χ0v) is 17.4. The first-order chi connectivity index (χ1) is 15.1. The fourth-order valence-corrected chi connectivity index (χ4v) is 3.63. The fourth-order valence-electron chi connectivity index (χ4n) is 3.63. The molecule has 9 nitrogen and oxygen atoms in total. The second-order valence-corrected chi connectivity index (χ2v) is 7.04. The molecule has 0 saturated carbocycles. The first-order valence-electron chi connectivity index (χ1n) is 9.87. The van der Waals surface area contributed by atoms with E-state index in [1.165, 1.54) is 14.2 Å². The Kier molecular flexibility index (Phi) is 5.83. The van der Waals surface area contributed by atoms with Crippen LogP contribution in [0.5, 0.6) is 11.5 Å². The van der Waals surface area contributed by atoms with Gasteiger partial charge in [-0.1, -0.05) is 6.07 Å². The molecule has 160 valence electrons. The topological polar surface area (TPSA) is 89.8 Å². The van der Waals surface area contributed by atoms with E-state index in [9.17, 15) is 9.59 Å². The van der Waals surface area contributed by atoms with E-state index < -0.39 is 0 Å². The molecule has 2 aromatic carbocycles. The Morgan fingerprint density at radius 3 is 1.81 bits per heavy atom. The highest BCUT2D eigenvalue weighted by Gasteiger charge is 2.29. The molecule has 0 bridgehead atoms. The van der Waals surface area contributed by atoms with Gasteiger partial charge in [0, 0.05) is 37.4 Å². The van der Waals surface area contributed by atoms with Crippen LogP contribution in [0.2, 0.25) is 0 Å². The predicted molar refractivity (Wildman–Crippen MR) is 113 cm³/mol. The van der Waals surface area contributed by atoms with Gasteiger partial charge in [-0.15, -0.1) is 10.2 Å². The molecule has 0 unspecified atom stereocenters. The third-order valence-electron chi connectivity index (χ3n) is 5.33. The minimum Gasteiger partial charge on any atom is -0.496 e. The number of methoxy groups -OCH3 is 2. The Morgan fingerprint density at radius 1 is 0.774 bits per heavy atom. The zero-order chi connectivity index (χ0) is 21.8. The van der Waals surface area contributed by atoms with Crippen LogP contribution in [0.4, 0.5) is 0 Å². The Balaban J connectivity index is 1.42. The lowest BCUT2D eigenvalue weighted by Gasteiger charge is -2.35. The highest BCUT2D eigenvalue weighted by Crippen LogP contribution is 2.30. The van der Waals surface area contributed by atoms with Crippen molar-refractivity contribution in [3.63, 3.8) is 0 Å². The summed E-state index contributed by atoms with van der Waals surface area (Å²) < 4.78 is 12.5. The average Bonchev–Trinajstić information content (AvgIpc) is 3.38. The van der Waals surface area contributed by atoms with Gasteiger partial charge in [0.05, 0.1) is 14.2 Å². The van der Waals surface area contributed by atoms with Crippen LogP contribution in [0.1, 0.15) is 20.7 Å². The maximum absolute atomic E-state index is 13.1. The summed E-state index contributed by atoms with van der Waals surface area (Å²) in [5.74, 6) is 0.712. The van der Waals surface area contributed by atoms with Crippen LogP contribution in [0.25, 0.3) is 5.69 Å². The van der Waals surface area contributed by atoms with E-state index in [1.807, 2.05) is 12.1 Å². The molecule has 3 aromatic rings. The van der Waals surface area contributed by atoms with Gasteiger partial charge in [0.15, 0.2) is 0 Å². The first-order valence-corrected chi connectivity index (χ1v) is 9.87. The van der Waals surface area contributed by atoms with Crippen molar-refractivity contribution >= 4 is 11.8 Å². The summed E-state index contributed by atoms with van der Waals surface area (Å²) in [5.41, 5.74) is 1.88. The lowest BCUT2D eigenvalue weighted by atomic mass is 10.1. The van der Waals surface area contributed by atoms with Gasteiger partial charge in [-0.25, -0.2) is 0 Å². The highest BCUT2D eigenvalue weighted by atomic mass is 16.5. The van der Waals surface area contributed by atoms with Crippen molar-refractivity contribution in [1.82, 2.24) is 24.6 Å². The monoisotopic (exact) mass is 421 g/mol. The summed E-state index contributed by atoms with van der Waals surface area (Å²) >= 11 is 0. The van der Waals surface area contributed by atoms with E-state index in [1.54, 1.807) is 57.4 Å². The number of hydrogen-bond acceptors (Lipinski definition) is 6. The van der Waals surface area contributed by atoms with Gasteiger partial charge in [-0.3, -0.25) is 14.2 Å². The third-order valence-corrected chi connectivity index (χ3v) is 5.33. The van der Waals surface area contributed by atoms with E-state index in [0.29, 0.717) is 48.8 Å². The number of piperazine rings is 1. The summed E-state index contributed by atoms with van der Waals surface area (Å²) in [6, 6.07) is 12.5. The maximum atomic E-state index is 13.1. The molecule has 0 radical (unpaired) electrons.